The lowest BCUT2D eigenvalue weighted by Crippen LogP contribution is -2.12. The summed E-state index contributed by atoms with van der Waals surface area (Å²) in [6.07, 6.45) is 1.64. The normalized spacial score (nSPS) is 12.1. The van der Waals surface area contributed by atoms with Crippen LogP contribution in [0.3, 0.4) is 0 Å². The monoisotopic (exact) mass is 557 g/mol. The van der Waals surface area contributed by atoms with Gasteiger partial charge in [0.05, 0.1) is 9.92 Å². The van der Waals surface area contributed by atoms with E-state index in [1.54, 1.807) is 42.7 Å². The van der Waals surface area contributed by atoms with Crippen LogP contribution in [0.25, 0.3) is 11.0 Å². The fourth-order valence-corrected chi connectivity index (χ4v) is 5.41. The van der Waals surface area contributed by atoms with E-state index in [1.165, 1.54) is 30.6 Å². The molecule has 0 atom stereocenters. The Bertz CT molecular complexity index is 1690. The van der Waals surface area contributed by atoms with Crippen molar-refractivity contribution in [2.24, 2.45) is 0 Å². The molecule has 0 aliphatic heterocycles. The Kier molecular flexibility index (Phi) is 6.80. The first kappa shape index (κ1) is 25.7. The zero-order valence-corrected chi connectivity index (χ0v) is 21.1. The molecule has 194 valence electrons. The number of hydrogen-bond donors (Lipinski definition) is 1. The highest BCUT2D eigenvalue weighted by Crippen LogP contribution is 2.29. The third-order valence-corrected chi connectivity index (χ3v) is 7.64. The summed E-state index contributed by atoms with van der Waals surface area (Å²) in [5, 5.41) is 4.03. The molecule has 5 rings (SSSR count). The smallest absolute Gasteiger partial charge is 0.366 e. The van der Waals surface area contributed by atoms with E-state index in [1.807, 2.05) is 6.07 Å². The molecule has 12 heteroatoms. The molecule has 0 saturated heterocycles. The third kappa shape index (κ3) is 5.34. The summed E-state index contributed by atoms with van der Waals surface area (Å²) in [4.78, 5) is 12.2. The van der Waals surface area contributed by atoms with Gasteiger partial charge in [-0.15, -0.1) is 0 Å². The number of rotatable bonds is 7. The SMILES string of the molecule is O=S(=O)(c1ccccc1)n1cc(Cc2ccc(NCc3ccc(C(F)(F)F)nc3)nc2)c2cc(Cl)cnc21. The quantitative estimate of drug-likeness (QED) is 0.266. The van der Waals surface area contributed by atoms with Crippen molar-refractivity contribution in [3.05, 3.63) is 113 Å². The van der Waals surface area contributed by atoms with Crippen molar-refractivity contribution in [2.75, 3.05) is 5.32 Å². The van der Waals surface area contributed by atoms with Gasteiger partial charge in [0.1, 0.15) is 11.5 Å². The summed E-state index contributed by atoms with van der Waals surface area (Å²) in [6, 6.07) is 15.6. The molecule has 1 aromatic carbocycles. The Labute approximate surface area is 221 Å². The predicted molar refractivity (Wildman–Crippen MR) is 137 cm³/mol. The second-order valence-electron chi connectivity index (χ2n) is 8.42. The Morgan fingerprint density at radius 2 is 1.63 bits per heavy atom. The molecular formula is C26H19ClF3N5O2S. The predicted octanol–water partition coefficient (Wildman–Crippen LogP) is 5.94. The van der Waals surface area contributed by atoms with Crippen LogP contribution < -0.4 is 5.32 Å². The lowest BCUT2D eigenvalue weighted by atomic mass is 10.1. The molecule has 0 saturated carbocycles. The van der Waals surface area contributed by atoms with Crippen molar-refractivity contribution < 1.29 is 21.6 Å². The summed E-state index contributed by atoms with van der Waals surface area (Å²) in [7, 11) is -3.88. The molecule has 0 unspecified atom stereocenters. The van der Waals surface area contributed by atoms with Crippen LogP contribution in [-0.2, 0) is 29.2 Å². The number of aromatic nitrogens is 4. The maximum absolute atomic E-state index is 13.3. The number of halogens is 4. The molecule has 0 bridgehead atoms. The summed E-state index contributed by atoms with van der Waals surface area (Å²) in [5.41, 5.74) is 1.40. The molecule has 5 aromatic rings. The fourth-order valence-electron chi connectivity index (χ4n) is 3.89. The second kappa shape index (κ2) is 10.1. The molecule has 7 nitrogen and oxygen atoms in total. The summed E-state index contributed by atoms with van der Waals surface area (Å²) >= 11 is 6.17. The van der Waals surface area contributed by atoms with Gasteiger partial charge in [-0.25, -0.2) is 22.4 Å². The Balaban J connectivity index is 1.35. The standard InChI is InChI=1S/C26H19ClF3N5O2S/c27-20-11-22-19(16-35(25(22)34-15-20)38(36,37)21-4-2-1-3-5-21)10-17-7-9-24(32-12-17)33-14-18-6-8-23(31-13-18)26(28,29)30/h1-9,11-13,15-16H,10,14H2,(H,32,33). The van der Waals surface area contributed by atoms with Gasteiger partial charge in [0.2, 0.25) is 0 Å². The van der Waals surface area contributed by atoms with Crippen molar-refractivity contribution in [1.29, 1.82) is 0 Å². The second-order valence-corrected chi connectivity index (χ2v) is 10.7. The molecule has 0 aliphatic rings. The Morgan fingerprint density at radius 1 is 0.895 bits per heavy atom. The van der Waals surface area contributed by atoms with E-state index in [-0.39, 0.29) is 17.1 Å². The number of fused-ring (bicyclic) bond motifs is 1. The van der Waals surface area contributed by atoms with E-state index < -0.39 is 21.9 Å². The van der Waals surface area contributed by atoms with Crippen LogP contribution in [0.1, 0.15) is 22.4 Å². The van der Waals surface area contributed by atoms with Crippen LogP contribution in [0.2, 0.25) is 5.02 Å². The summed E-state index contributed by atoms with van der Waals surface area (Å²) < 4.78 is 65.8. The molecule has 4 heterocycles. The highest BCUT2D eigenvalue weighted by molar-refractivity contribution is 7.90. The topological polar surface area (TPSA) is 89.8 Å². The van der Waals surface area contributed by atoms with Gasteiger partial charge in [-0.1, -0.05) is 41.9 Å². The first-order valence-electron chi connectivity index (χ1n) is 11.3. The van der Waals surface area contributed by atoms with Gasteiger partial charge >= 0.3 is 6.18 Å². The van der Waals surface area contributed by atoms with Gasteiger partial charge in [-0.3, -0.25) is 4.98 Å². The van der Waals surface area contributed by atoms with E-state index in [0.29, 0.717) is 33.8 Å². The Morgan fingerprint density at radius 3 is 2.29 bits per heavy atom. The average molecular weight is 558 g/mol. The molecule has 0 amide bonds. The number of hydrogen-bond acceptors (Lipinski definition) is 6. The number of anilines is 1. The number of nitrogens with zero attached hydrogens (tertiary/aromatic N) is 4. The molecule has 0 fully saturated rings. The largest absolute Gasteiger partial charge is 0.433 e. The van der Waals surface area contributed by atoms with E-state index >= 15 is 0 Å². The van der Waals surface area contributed by atoms with Crippen molar-refractivity contribution in [3.8, 4) is 0 Å². The maximum atomic E-state index is 13.3. The zero-order chi connectivity index (χ0) is 26.9. The van der Waals surface area contributed by atoms with E-state index in [4.69, 9.17) is 11.6 Å². The van der Waals surface area contributed by atoms with Crippen LogP contribution in [0.15, 0.2) is 90.3 Å². The molecule has 0 aliphatic carbocycles. The van der Waals surface area contributed by atoms with Gasteiger partial charge in [0.15, 0.2) is 5.65 Å². The highest BCUT2D eigenvalue weighted by atomic mass is 35.5. The van der Waals surface area contributed by atoms with E-state index in [0.717, 1.165) is 15.6 Å². The molecule has 4 aromatic heterocycles. The third-order valence-electron chi connectivity index (χ3n) is 5.77. The minimum absolute atomic E-state index is 0.139. The Hall–Kier alpha value is -3.96. The van der Waals surface area contributed by atoms with Crippen LogP contribution in [-0.4, -0.2) is 27.3 Å². The van der Waals surface area contributed by atoms with Crippen molar-refractivity contribution >= 4 is 38.5 Å². The number of alkyl halides is 3. The van der Waals surface area contributed by atoms with E-state index in [2.05, 4.69) is 20.3 Å². The van der Waals surface area contributed by atoms with Crippen molar-refractivity contribution in [2.45, 2.75) is 24.0 Å². The van der Waals surface area contributed by atoms with Gasteiger partial charge in [-0.05, 0) is 47.0 Å². The lowest BCUT2D eigenvalue weighted by Gasteiger charge is -2.08. The molecule has 0 radical (unpaired) electrons. The number of nitrogens with one attached hydrogen (secondary N) is 1. The lowest BCUT2D eigenvalue weighted by molar-refractivity contribution is -0.141. The molecule has 1 N–H and O–H groups in total. The highest BCUT2D eigenvalue weighted by Gasteiger charge is 2.32. The molecular weight excluding hydrogens is 539 g/mol. The zero-order valence-electron chi connectivity index (χ0n) is 19.5. The first-order valence-corrected chi connectivity index (χ1v) is 13.1. The van der Waals surface area contributed by atoms with Gasteiger partial charge in [-0.2, -0.15) is 13.2 Å². The van der Waals surface area contributed by atoms with Crippen LogP contribution in [0, 0.1) is 0 Å². The average Bonchev–Trinajstić information content (AvgIpc) is 3.26. The summed E-state index contributed by atoms with van der Waals surface area (Å²) in [5.74, 6) is 0.521. The number of benzene rings is 1. The summed E-state index contributed by atoms with van der Waals surface area (Å²) in [6.45, 7) is 0.243. The van der Waals surface area contributed by atoms with E-state index in [9.17, 15) is 21.6 Å². The van der Waals surface area contributed by atoms with Crippen molar-refractivity contribution in [1.82, 2.24) is 18.9 Å². The fraction of sp³-hybridized carbons (Fsp3) is 0.115. The maximum Gasteiger partial charge on any atom is 0.433 e. The minimum Gasteiger partial charge on any atom is -0.366 e. The van der Waals surface area contributed by atoms with Gasteiger partial charge in [0, 0.05) is 43.1 Å². The molecule has 38 heavy (non-hydrogen) atoms. The van der Waals surface area contributed by atoms with Crippen LogP contribution in [0.5, 0.6) is 0 Å². The van der Waals surface area contributed by atoms with Crippen molar-refractivity contribution in [3.63, 3.8) is 0 Å². The minimum atomic E-state index is -4.48. The molecule has 0 spiro atoms. The number of pyridine rings is 3. The van der Waals surface area contributed by atoms with Gasteiger partial charge in [0.25, 0.3) is 10.0 Å². The van der Waals surface area contributed by atoms with Crippen LogP contribution >= 0.6 is 11.6 Å². The first-order chi connectivity index (χ1) is 18.1. The van der Waals surface area contributed by atoms with Gasteiger partial charge < -0.3 is 5.32 Å². The van der Waals surface area contributed by atoms with Crippen LogP contribution in [0.4, 0.5) is 19.0 Å².